The molecule has 6 nitrogen and oxygen atoms in total. The minimum atomic E-state index is -0.363. The molecular formula is C14H18Cl2N4O2. The normalized spacial score (nSPS) is 9.77. The topological polar surface area (TPSA) is 82.2 Å². The summed E-state index contributed by atoms with van der Waals surface area (Å²) in [6, 6.07) is 5.62. The van der Waals surface area contributed by atoms with Crippen LogP contribution in [0.2, 0.25) is 0 Å². The number of methoxy groups -OCH3 is 1. The number of benzene rings is 1. The summed E-state index contributed by atoms with van der Waals surface area (Å²) in [7, 11) is 1.60. The van der Waals surface area contributed by atoms with Crippen LogP contribution in [0.5, 0.6) is 5.75 Å². The van der Waals surface area contributed by atoms with E-state index in [9.17, 15) is 4.79 Å². The van der Waals surface area contributed by atoms with Crippen molar-refractivity contribution in [2.24, 2.45) is 5.84 Å². The zero-order chi connectivity index (χ0) is 14.5. The van der Waals surface area contributed by atoms with Crippen molar-refractivity contribution in [2.45, 2.75) is 6.92 Å². The molecule has 1 heterocycles. The van der Waals surface area contributed by atoms with Crippen LogP contribution in [0.4, 0.5) is 0 Å². The second-order valence-corrected chi connectivity index (χ2v) is 4.20. The van der Waals surface area contributed by atoms with Gasteiger partial charge in [-0.25, -0.2) is 10.8 Å². The predicted molar refractivity (Wildman–Crippen MR) is 90.7 cm³/mol. The average molecular weight is 345 g/mol. The first-order valence-electron chi connectivity index (χ1n) is 6.01. The molecule has 0 spiro atoms. The summed E-state index contributed by atoms with van der Waals surface area (Å²) in [6.07, 6.45) is 6.66. The lowest BCUT2D eigenvalue weighted by atomic mass is 10.1. The van der Waals surface area contributed by atoms with Gasteiger partial charge < -0.3 is 9.30 Å². The van der Waals surface area contributed by atoms with Crippen LogP contribution in [0.1, 0.15) is 11.3 Å². The van der Waals surface area contributed by atoms with E-state index in [1.807, 2.05) is 41.3 Å². The zero-order valence-corrected chi connectivity index (χ0v) is 13.8. The van der Waals surface area contributed by atoms with Crippen molar-refractivity contribution in [3.8, 4) is 11.4 Å². The van der Waals surface area contributed by atoms with Crippen LogP contribution in [-0.4, -0.2) is 22.6 Å². The molecule has 0 saturated carbocycles. The fourth-order valence-corrected chi connectivity index (χ4v) is 1.78. The molecule has 0 fully saturated rings. The molecule has 120 valence electrons. The smallest absolute Gasteiger partial charge is 0.257 e. The van der Waals surface area contributed by atoms with E-state index in [-0.39, 0.29) is 30.7 Å². The van der Waals surface area contributed by atoms with Gasteiger partial charge in [0, 0.05) is 12.3 Å². The third kappa shape index (κ3) is 4.77. The molecule has 2 rings (SSSR count). The van der Waals surface area contributed by atoms with Crippen LogP contribution in [0.25, 0.3) is 11.8 Å². The van der Waals surface area contributed by atoms with Gasteiger partial charge >= 0.3 is 0 Å². The second-order valence-electron chi connectivity index (χ2n) is 4.20. The highest BCUT2D eigenvalue weighted by Crippen LogP contribution is 2.25. The first kappa shape index (κ1) is 20.0. The average Bonchev–Trinajstić information content (AvgIpc) is 2.90. The Morgan fingerprint density at radius 1 is 1.41 bits per heavy atom. The van der Waals surface area contributed by atoms with Crippen LogP contribution in [0.15, 0.2) is 36.8 Å². The number of imidazole rings is 1. The molecule has 0 aliphatic rings. The van der Waals surface area contributed by atoms with E-state index in [4.69, 9.17) is 10.6 Å². The Kier molecular flexibility index (Phi) is 8.26. The number of hydrazine groups is 1. The highest BCUT2D eigenvalue weighted by Gasteiger charge is 2.06. The molecule has 0 atom stereocenters. The lowest BCUT2D eigenvalue weighted by Gasteiger charge is -2.09. The van der Waals surface area contributed by atoms with Gasteiger partial charge in [0.05, 0.1) is 24.8 Å². The van der Waals surface area contributed by atoms with E-state index in [0.717, 1.165) is 16.9 Å². The van der Waals surface area contributed by atoms with E-state index in [1.165, 1.54) is 6.08 Å². The summed E-state index contributed by atoms with van der Waals surface area (Å²) in [5, 5.41) is 0. The summed E-state index contributed by atoms with van der Waals surface area (Å²) in [6.45, 7) is 1.92. The van der Waals surface area contributed by atoms with Crippen molar-refractivity contribution >= 4 is 36.8 Å². The van der Waals surface area contributed by atoms with Crippen LogP contribution >= 0.6 is 24.8 Å². The van der Waals surface area contributed by atoms with Crippen LogP contribution in [0.3, 0.4) is 0 Å². The summed E-state index contributed by atoms with van der Waals surface area (Å²) in [5.41, 5.74) is 4.68. The van der Waals surface area contributed by atoms with Crippen molar-refractivity contribution in [2.75, 3.05) is 7.11 Å². The Morgan fingerprint density at radius 2 is 2.14 bits per heavy atom. The molecule has 2 aromatic rings. The number of rotatable bonds is 4. The van der Waals surface area contributed by atoms with Crippen molar-refractivity contribution in [1.29, 1.82) is 0 Å². The maximum atomic E-state index is 11.1. The second kappa shape index (κ2) is 9.09. The summed E-state index contributed by atoms with van der Waals surface area (Å²) in [4.78, 5) is 15.3. The largest absolute Gasteiger partial charge is 0.495 e. The zero-order valence-electron chi connectivity index (χ0n) is 12.1. The van der Waals surface area contributed by atoms with Crippen molar-refractivity contribution in [1.82, 2.24) is 15.0 Å². The van der Waals surface area contributed by atoms with Gasteiger partial charge in [0.25, 0.3) is 5.91 Å². The Labute approximate surface area is 141 Å². The fourth-order valence-electron chi connectivity index (χ4n) is 1.78. The Bertz CT molecular complexity index is 656. The molecule has 0 saturated heterocycles. The lowest BCUT2D eigenvalue weighted by Crippen LogP contribution is -2.27. The van der Waals surface area contributed by atoms with Gasteiger partial charge in [-0.1, -0.05) is 6.07 Å². The highest BCUT2D eigenvalue weighted by molar-refractivity contribution is 5.91. The number of hydrogen-bond acceptors (Lipinski definition) is 4. The molecule has 0 bridgehead atoms. The number of carbonyl (C=O) groups excluding carboxylic acids is 1. The highest BCUT2D eigenvalue weighted by atomic mass is 35.5. The van der Waals surface area contributed by atoms with Gasteiger partial charge in [-0.2, -0.15) is 0 Å². The molecule has 3 N–H and O–H groups in total. The number of halogens is 2. The molecule has 0 unspecified atom stereocenters. The summed E-state index contributed by atoms with van der Waals surface area (Å²) < 4.78 is 7.26. The van der Waals surface area contributed by atoms with Gasteiger partial charge in [-0.05, 0) is 30.7 Å². The van der Waals surface area contributed by atoms with Gasteiger partial charge in [-0.3, -0.25) is 10.2 Å². The van der Waals surface area contributed by atoms with Crippen LogP contribution in [0, 0.1) is 6.92 Å². The standard InChI is InChI=1S/C14H16N4O2.2ClH/c1-10-8-18(9-16-10)12-5-3-11(7-13(12)20-2)4-6-14(19)17-15;;/h3-9H,15H2,1-2H3,(H,17,19);2*1H/b6-4+;;. The third-order valence-electron chi connectivity index (χ3n) is 2.76. The van der Waals surface area contributed by atoms with Gasteiger partial charge in [0.2, 0.25) is 0 Å². The molecule has 22 heavy (non-hydrogen) atoms. The van der Waals surface area contributed by atoms with E-state index >= 15 is 0 Å². The van der Waals surface area contributed by atoms with Gasteiger partial charge in [0.15, 0.2) is 0 Å². The summed E-state index contributed by atoms with van der Waals surface area (Å²) in [5.74, 6) is 5.34. The van der Waals surface area contributed by atoms with E-state index in [2.05, 4.69) is 4.98 Å². The number of nitrogens with zero attached hydrogens (tertiary/aromatic N) is 2. The number of nitrogens with two attached hydrogens (primary N) is 1. The van der Waals surface area contributed by atoms with Crippen molar-refractivity contribution in [3.05, 3.63) is 48.1 Å². The van der Waals surface area contributed by atoms with E-state index in [1.54, 1.807) is 19.5 Å². The van der Waals surface area contributed by atoms with E-state index in [0.29, 0.717) is 5.75 Å². The maximum absolute atomic E-state index is 11.1. The number of hydrogen-bond donors (Lipinski definition) is 2. The van der Waals surface area contributed by atoms with E-state index < -0.39 is 0 Å². The Hall–Kier alpha value is -2.02. The fraction of sp³-hybridized carbons (Fsp3) is 0.143. The Balaban J connectivity index is 0.00000220. The minimum absolute atomic E-state index is 0. The quantitative estimate of drug-likeness (QED) is 0.385. The van der Waals surface area contributed by atoms with Crippen LogP contribution < -0.4 is 16.0 Å². The third-order valence-corrected chi connectivity index (χ3v) is 2.76. The molecular weight excluding hydrogens is 327 g/mol. The van der Waals surface area contributed by atoms with Gasteiger partial charge in [0.1, 0.15) is 5.75 Å². The molecule has 8 heteroatoms. The monoisotopic (exact) mass is 344 g/mol. The van der Waals surface area contributed by atoms with Crippen molar-refractivity contribution < 1.29 is 9.53 Å². The van der Waals surface area contributed by atoms with Crippen molar-refractivity contribution in [3.63, 3.8) is 0 Å². The number of ether oxygens (including phenoxy) is 1. The molecule has 0 aliphatic heterocycles. The SMILES string of the molecule is COc1cc(/C=C/C(=O)NN)ccc1-n1cnc(C)c1.Cl.Cl. The molecule has 0 radical (unpaired) electrons. The predicted octanol–water partition coefficient (Wildman–Crippen LogP) is 2.04. The first-order valence-corrected chi connectivity index (χ1v) is 6.01. The number of aryl methyl sites for hydroxylation is 1. The number of nitrogens with one attached hydrogen (secondary N) is 1. The van der Waals surface area contributed by atoms with Crippen LogP contribution in [-0.2, 0) is 4.79 Å². The molecule has 0 aliphatic carbocycles. The van der Waals surface area contributed by atoms with Gasteiger partial charge in [-0.15, -0.1) is 24.8 Å². The number of amides is 1. The first-order chi connectivity index (χ1) is 9.63. The number of aromatic nitrogens is 2. The maximum Gasteiger partial charge on any atom is 0.257 e. The minimum Gasteiger partial charge on any atom is -0.495 e. The molecule has 1 aromatic heterocycles. The lowest BCUT2D eigenvalue weighted by molar-refractivity contribution is -0.116. The number of carbonyl (C=O) groups is 1. The molecule has 1 amide bonds. The summed E-state index contributed by atoms with van der Waals surface area (Å²) >= 11 is 0. The Morgan fingerprint density at radius 3 is 2.68 bits per heavy atom. The molecule has 1 aromatic carbocycles.